The molecule has 0 saturated carbocycles. The lowest BCUT2D eigenvalue weighted by molar-refractivity contribution is 0.718. The number of halogens is 2. The molecule has 0 aliphatic heterocycles. The van der Waals surface area contributed by atoms with Gasteiger partial charge in [0.1, 0.15) is 10.3 Å². The first-order valence-corrected chi connectivity index (χ1v) is 4.53. The van der Waals surface area contributed by atoms with E-state index in [1.165, 1.54) is 16.9 Å². The summed E-state index contributed by atoms with van der Waals surface area (Å²) < 4.78 is 1.22. The van der Waals surface area contributed by atoms with Crippen molar-refractivity contribution in [3.05, 3.63) is 32.9 Å². The van der Waals surface area contributed by atoms with Crippen molar-refractivity contribution in [3.63, 3.8) is 0 Å². The average Bonchev–Trinajstić information content (AvgIpc) is 2.12. The topological polar surface area (TPSA) is 47.8 Å². The van der Waals surface area contributed by atoms with Crippen molar-refractivity contribution in [1.82, 2.24) is 14.8 Å². The van der Waals surface area contributed by atoms with Crippen LogP contribution in [-0.4, -0.2) is 14.8 Å². The van der Waals surface area contributed by atoms with Gasteiger partial charge in [0.25, 0.3) is 5.56 Å². The number of pyridine rings is 1. The van der Waals surface area contributed by atoms with E-state index in [0.29, 0.717) is 10.8 Å². The zero-order valence-corrected chi connectivity index (χ0v) is 8.67. The van der Waals surface area contributed by atoms with E-state index in [1.54, 1.807) is 7.05 Å². The van der Waals surface area contributed by atoms with Crippen molar-refractivity contribution in [1.29, 1.82) is 0 Å². The van der Waals surface area contributed by atoms with Gasteiger partial charge in [-0.15, -0.1) is 0 Å². The fraction of sp³-hybridized carbons (Fsp3) is 0.125. The molecular weight excluding hydrogens is 225 g/mol. The van der Waals surface area contributed by atoms with Gasteiger partial charge in [-0.3, -0.25) is 4.79 Å². The molecule has 72 valence electrons. The van der Waals surface area contributed by atoms with Gasteiger partial charge in [-0.05, 0) is 6.07 Å². The van der Waals surface area contributed by atoms with Gasteiger partial charge in [-0.2, -0.15) is 5.10 Å². The average molecular weight is 230 g/mol. The molecule has 0 aromatic carbocycles. The van der Waals surface area contributed by atoms with Crippen LogP contribution in [0.1, 0.15) is 0 Å². The molecule has 0 aliphatic carbocycles. The van der Waals surface area contributed by atoms with Crippen molar-refractivity contribution in [2.75, 3.05) is 0 Å². The Morgan fingerprint density at radius 2 is 2.07 bits per heavy atom. The molecular formula is C8H5Cl2N3O. The van der Waals surface area contributed by atoms with Crippen molar-refractivity contribution >= 4 is 34.0 Å². The van der Waals surface area contributed by atoms with Gasteiger partial charge in [0.2, 0.25) is 0 Å². The fourth-order valence-electron chi connectivity index (χ4n) is 1.17. The first-order chi connectivity index (χ1) is 6.59. The van der Waals surface area contributed by atoms with Crippen LogP contribution in [0.25, 0.3) is 10.8 Å². The van der Waals surface area contributed by atoms with Gasteiger partial charge in [0.15, 0.2) is 0 Å². The summed E-state index contributed by atoms with van der Waals surface area (Å²) >= 11 is 11.5. The number of fused-ring (bicyclic) bond motifs is 1. The second-order valence-corrected chi connectivity index (χ2v) is 3.52. The summed E-state index contributed by atoms with van der Waals surface area (Å²) in [6.45, 7) is 0. The van der Waals surface area contributed by atoms with Crippen LogP contribution in [0.5, 0.6) is 0 Å². The Hall–Kier alpha value is -1.13. The first-order valence-electron chi connectivity index (χ1n) is 3.77. The monoisotopic (exact) mass is 229 g/mol. The van der Waals surface area contributed by atoms with Gasteiger partial charge in [-0.1, -0.05) is 23.2 Å². The van der Waals surface area contributed by atoms with E-state index >= 15 is 0 Å². The van der Waals surface area contributed by atoms with Gasteiger partial charge in [0, 0.05) is 12.4 Å². The molecule has 6 heteroatoms. The highest BCUT2D eigenvalue weighted by molar-refractivity contribution is 6.36. The highest BCUT2D eigenvalue weighted by atomic mass is 35.5. The fourth-order valence-corrected chi connectivity index (χ4v) is 1.64. The molecule has 2 rings (SSSR count). The summed E-state index contributed by atoms with van der Waals surface area (Å²) in [5.74, 6) is 0. The Labute approximate surface area is 89.1 Å². The van der Waals surface area contributed by atoms with Crippen LogP contribution >= 0.6 is 23.2 Å². The molecule has 0 unspecified atom stereocenters. The molecule has 0 saturated heterocycles. The molecule has 0 radical (unpaired) electrons. The Balaban J connectivity index is 3.03. The van der Waals surface area contributed by atoms with E-state index in [2.05, 4.69) is 10.1 Å². The Bertz CT molecular complexity index is 564. The second-order valence-electron chi connectivity index (χ2n) is 2.77. The molecule has 14 heavy (non-hydrogen) atoms. The maximum absolute atomic E-state index is 11.6. The second kappa shape index (κ2) is 3.22. The van der Waals surface area contributed by atoms with E-state index < -0.39 is 0 Å². The highest BCUT2D eigenvalue weighted by Gasteiger charge is 2.07. The van der Waals surface area contributed by atoms with Crippen LogP contribution < -0.4 is 5.56 Å². The lowest BCUT2D eigenvalue weighted by atomic mass is 10.2. The maximum Gasteiger partial charge on any atom is 0.274 e. The smallest absolute Gasteiger partial charge is 0.267 e. The quantitative estimate of drug-likeness (QED) is 0.646. The molecule has 0 amide bonds. The molecule has 0 spiro atoms. The minimum atomic E-state index is -0.242. The third-order valence-corrected chi connectivity index (χ3v) is 2.35. The number of aryl methyl sites for hydroxylation is 1. The minimum Gasteiger partial charge on any atom is -0.267 e. The molecule has 0 bridgehead atoms. The largest absolute Gasteiger partial charge is 0.274 e. The predicted molar refractivity (Wildman–Crippen MR) is 54.8 cm³/mol. The van der Waals surface area contributed by atoms with Crippen LogP contribution in [-0.2, 0) is 7.05 Å². The Morgan fingerprint density at radius 1 is 1.36 bits per heavy atom. The summed E-state index contributed by atoms with van der Waals surface area (Å²) in [6.07, 6.45) is 1.49. The Morgan fingerprint density at radius 3 is 2.79 bits per heavy atom. The lowest BCUT2D eigenvalue weighted by Gasteiger charge is -2.01. The summed E-state index contributed by atoms with van der Waals surface area (Å²) in [5.41, 5.74) is -0.242. The Kier molecular flexibility index (Phi) is 2.17. The molecule has 0 fully saturated rings. The van der Waals surface area contributed by atoms with Crippen LogP contribution in [0.2, 0.25) is 10.3 Å². The van der Waals surface area contributed by atoms with Crippen LogP contribution in [0.4, 0.5) is 0 Å². The van der Waals surface area contributed by atoms with Crippen molar-refractivity contribution in [3.8, 4) is 0 Å². The number of hydrogen-bond donors (Lipinski definition) is 0. The third kappa shape index (κ3) is 1.36. The molecule has 0 aliphatic rings. The van der Waals surface area contributed by atoms with E-state index in [1.807, 2.05) is 0 Å². The standard InChI is InChI=1S/C8H5Cl2N3O/c1-13-8(14)4-2-6(9)12-7(10)5(4)3-11-13/h2-3H,1H3. The molecule has 2 heterocycles. The molecule has 2 aromatic rings. The van der Waals surface area contributed by atoms with Crippen LogP contribution in [0, 0.1) is 0 Å². The van der Waals surface area contributed by atoms with Crippen LogP contribution in [0.15, 0.2) is 17.1 Å². The summed E-state index contributed by atoms with van der Waals surface area (Å²) in [4.78, 5) is 15.4. The van der Waals surface area contributed by atoms with Gasteiger partial charge in [0.05, 0.1) is 11.6 Å². The van der Waals surface area contributed by atoms with Crippen molar-refractivity contribution < 1.29 is 0 Å². The maximum atomic E-state index is 11.6. The number of aromatic nitrogens is 3. The van der Waals surface area contributed by atoms with E-state index in [0.717, 1.165) is 0 Å². The number of rotatable bonds is 0. The summed E-state index contributed by atoms with van der Waals surface area (Å²) in [7, 11) is 1.56. The zero-order chi connectivity index (χ0) is 10.3. The SMILES string of the molecule is Cn1ncc2c(Cl)nc(Cl)cc2c1=O. The number of hydrogen-bond acceptors (Lipinski definition) is 3. The van der Waals surface area contributed by atoms with Crippen molar-refractivity contribution in [2.24, 2.45) is 7.05 Å². The summed E-state index contributed by atoms with van der Waals surface area (Å²) in [5, 5.41) is 5.16. The van der Waals surface area contributed by atoms with E-state index in [-0.39, 0.29) is 15.9 Å². The zero-order valence-electron chi connectivity index (χ0n) is 7.16. The molecule has 4 nitrogen and oxygen atoms in total. The lowest BCUT2D eigenvalue weighted by Crippen LogP contribution is -2.19. The van der Waals surface area contributed by atoms with Gasteiger partial charge in [-0.25, -0.2) is 9.67 Å². The highest BCUT2D eigenvalue weighted by Crippen LogP contribution is 2.20. The number of nitrogens with zero attached hydrogens (tertiary/aromatic N) is 3. The van der Waals surface area contributed by atoms with E-state index in [4.69, 9.17) is 23.2 Å². The van der Waals surface area contributed by atoms with Crippen molar-refractivity contribution in [2.45, 2.75) is 0 Å². The minimum absolute atomic E-state index is 0.192. The predicted octanol–water partition coefficient (Wildman–Crippen LogP) is 1.64. The van der Waals surface area contributed by atoms with Gasteiger partial charge >= 0.3 is 0 Å². The molecule has 2 aromatic heterocycles. The van der Waals surface area contributed by atoms with Gasteiger partial charge < -0.3 is 0 Å². The third-order valence-electron chi connectivity index (χ3n) is 1.87. The van der Waals surface area contributed by atoms with Crippen LogP contribution in [0.3, 0.4) is 0 Å². The van der Waals surface area contributed by atoms with E-state index in [9.17, 15) is 4.79 Å². The first kappa shape index (κ1) is 9.43. The summed E-state index contributed by atoms with van der Waals surface area (Å²) in [6, 6.07) is 1.48. The normalized spacial score (nSPS) is 10.8. The molecule has 0 N–H and O–H groups in total. The molecule has 0 atom stereocenters.